The summed E-state index contributed by atoms with van der Waals surface area (Å²) in [6.45, 7) is 7.59. The lowest BCUT2D eigenvalue weighted by Gasteiger charge is -2.12. The fourth-order valence-corrected chi connectivity index (χ4v) is 5.27. The van der Waals surface area contributed by atoms with E-state index in [4.69, 9.17) is 0 Å². The van der Waals surface area contributed by atoms with Crippen LogP contribution < -0.4 is 5.32 Å². The summed E-state index contributed by atoms with van der Waals surface area (Å²) < 4.78 is 0. The Bertz CT molecular complexity index is 594. The van der Waals surface area contributed by atoms with Gasteiger partial charge in [-0.05, 0) is 45.2 Å². The van der Waals surface area contributed by atoms with Crippen LogP contribution in [0.3, 0.4) is 0 Å². The zero-order chi connectivity index (χ0) is 14.8. The standard InChI is InChI=1S/C17H24N2S2/c1-11-8-16(13(3)20-11)12(2)18-9-15-10-19-17(21-15)14-6-4-5-7-14/h8,10,12,14,18H,4-7,9H2,1-3H3/t12-/m0/s1. The number of thiophene rings is 1. The summed E-state index contributed by atoms with van der Waals surface area (Å²) in [5.41, 5.74) is 1.44. The van der Waals surface area contributed by atoms with Crippen LogP contribution in [0.5, 0.6) is 0 Å². The van der Waals surface area contributed by atoms with Crippen LogP contribution in [0.15, 0.2) is 12.3 Å². The number of nitrogens with zero attached hydrogens (tertiary/aromatic N) is 1. The van der Waals surface area contributed by atoms with Crippen LogP contribution in [0, 0.1) is 13.8 Å². The van der Waals surface area contributed by atoms with Gasteiger partial charge in [-0.3, -0.25) is 0 Å². The van der Waals surface area contributed by atoms with Gasteiger partial charge in [-0.1, -0.05) is 12.8 Å². The second-order valence-corrected chi connectivity index (χ2v) is 8.72. The molecule has 21 heavy (non-hydrogen) atoms. The number of hydrogen-bond acceptors (Lipinski definition) is 4. The summed E-state index contributed by atoms with van der Waals surface area (Å²) in [5, 5.41) is 5.01. The first-order chi connectivity index (χ1) is 10.1. The third-order valence-electron chi connectivity index (χ3n) is 4.40. The Balaban J connectivity index is 1.58. The van der Waals surface area contributed by atoms with Gasteiger partial charge in [0.1, 0.15) is 0 Å². The summed E-state index contributed by atoms with van der Waals surface area (Å²) >= 11 is 3.80. The van der Waals surface area contributed by atoms with Crippen molar-refractivity contribution in [2.45, 2.75) is 65.0 Å². The molecule has 0 amide bonds. The zero-order valence-corrected chi connectivity index (χ0v) is 14.7. The van der Waals surface area contributed by atoms with E-state index in [9.17, 15) is 0 Å². The van der Waals surface area contributed by atoms with Crippen molar-refractivity contribution in [1.82, 2.24) is 10.3 Å². The number of aryl methyl sites for hydroxylation is 2. The molecule has 3 rings (SSSR count). The highest BCUT2D eigenvalue weighted by atomic mass is 32.1. The van der Waals surface area contributed by atoms with Crippen molar-refractivity contribution in [3.05, 3.63) is 37.5 Å². The van der Waals surface area contributed by atoms with Crippen LogP contribution in [0.4, 0.5) is 0 Å². The summed E-state index contributed by atoms with van der Waals surface area (Å²) in [6, 6.07) is 2.72. The van der Waals surface area contributed by atoms with Crippen molar-refractivity contribution >= 4 is 22.7 Å². The highest BCUT2D eigenvalue weighted by molar-refractivity contribution is 7.12. The predicted octanol–water partition coefficient (Wildman–Crippen LogP) is 5.33. The minimum absolute atomic E-state index is 0.409. The van der Waals surface area contributed by atoms with Crippen LogP contribution in [0.25, 0.3) is 0 Å². The molecule has 0 unspecified atom stereocenters. The largest absolute Gasteiger partial charge is 0.305 e. The Kier molecular flexibility index (Phi) is 4.77. The van der Waals surface area contributed by atoms with E-state index >= 15 is 0 Å². The lowest BCUT2D eigenvalue weighted by Crippen LogP contribution is -2.17. The first-order valence-corrected chi connectivity index (χ1v) is 9.51. The van der Waals surface area contributed by atoms with E-state index in [2.05, 4.69) is 43.3 Å². The average molecular weight is 321 g/mol. The molecule has 114 valence electrons. The molecule has 1 saturated carbocycles. The molecule has 0 saturated heterocycles. The minimum Gasteiger partial charge on any atom is -0.305 e. The molecule has 0 bridgehead atoms. The number of thiazole rings is 1. The van der Waals surface area contributed by atoms with Crippen LogP contribution in [0.1, 0.15) is 69.8 Å². The summed E-state index contributed by atoms with van der Waals surface area (Å²) in [6.07, 6.45) is 7.51. The van der Waals surface area contributed by atoms with Gasteiger partial charge in [0.05, 0.1) is 5.01 Å². The SMILES string of the molecule is Cc1cc([C@H](C)NCc2cnc(C3CCCC3)s2)c(C)s1. The zero-order valence-electron chi connectivity index (χ0n) is 13.1. The third kappa shape index (κ3) is 3.55. The van der Waals surface area contributed by atoms with Crippen LogP contribution in [-0.2, 0) is 6.54 Å². The number of aromatic nitrogens is 1. The lowest BCUT2D eigenvalue weighted by molar-refractivity contribution is 0.578. The molecule has 1 N–H and O–H groups in total. The Morgan fingerprint density at radius 3 is 2.71 bits per heavy atom. The molecule has 1 aliphatic rings. The molecule has 1 fully saturated rings. The van der Waals surface area contributed by atoms with Gasteiger partial charge in [0.25, 0.3) is 0 Å². The summed E-state index contributed by atoms with van der Waals surface area (Å²) in [7, 11) is 0. The van der Waals surface area contributed by atoms with Crippen molar-refractivity contribution in [1.29, 1.82) is 0 Å². The second kappa shape index (κ2) is 6.59. The molecule has 2 heterocycles. The number of rotatable bonds is 5. The summed E-state index contributed by atoms with van der Waals surface area (Å²) in [4.78, 5) is 8.85. The Hall–Kier alpha value is -0.710. The van der Waals surface area contributed by atoms with Crippen LogP contribution in [0.2, 0.25) is 0 Å². The first-order valence-electron chi connectivity index (χ1n) is 7.88. The maximum Gasteiger partial charge on any atom is 0.0959 e. The van der Waals surface area contributed by atoms with E-state index in [0.29, 0.717) is 6.04 Å². The Labute approximate surface area is 135 Å². The van der Waals surface area contributed by atoms with E-state index in [-0.39, 0.29) is 0 Å². The molecule has 2 nitrogen and oxygen atoms in total. The fraction of sp³-hybridized carbons (Fsp3) is 0.588. The topological polar surface area (TPSA) is 24.9 Å². The molecule has 0 aromatic carbocycles. The maximum absolute atomic E-state index is 4.65. The minimum atomic E-state index is 0.409. The molecule has 0 aliphatic heterocycles. The van der Waals surface area contributed by atoms with Gasteiger partial charge in [-0.15, -0.1) is 22.7 Å². The molecule has 1 aliphatic carbocycles. The third-order valence-corrected chi connectivity index (χ3v) is 6.55. The van der Waals surface area contributed by atoms with Gasteiger partial charge in [0.2, 0.25) is 0 Å². The normalized spacial score (nSPS) is 17.5. The molecular weight excluding hydrogens is 296 g/mol. The Morgan fingerprint density at radius 1 is 1.29 bits per heavy atom. The van der Waals surface area contributed by atoms with Gasteiger partial charge >= 0.3 is 0 Å². The quantitative estimate of drug-likeness (QED) is 0.805. The second-order valence-electron chi connectivity index (χ2n) is 6.12. The number of nitrogens with one attached hydrogen (secondary N) is 1. The van der Waals surface area contributed by atoms with Gasteiger partial charge in [0.15, 0.2) is 0 Å². The van der Waals surface area contributed by atoms with Crippen molar-refractivity contribution in [3.63, 3.8) is 0 Å². The number of hydrogen-bond donors (Lipinski definition) is 1. The molecule has 0 spiro atoms. The van der Waals surface area contributed by atoms with Crippen molar-refractivity contribution in [2.24, 2.45) is 0 Å². The first kappa shape index (κ1) is 15.2. The van der Waals surface area contributed by atoms with Crippen LogP contribution in [-0.4, -0.2) is 4.98 Å². The van der Waals surface area contributed by atoms with E-state index in [1.54, 1.807) is 0 Å². The molecule has 1 atom stereocenters. The van der Waals surface area contributed by atoms with Gasteiger partial charge in [-0.2, -0.15) is 0 Å². The fourth-order valence-electron chi connectivity index (χ4n) is 3.21. The molecule has 2 aromatic heterocycles. The van der Waals surface area contributed by atoms with Gasteiger partial charge in [0, 0.05) is 39.3 Å². The molecule has 0 radical (unpaired) electrons. The molecule has 4 heteroatoms. The molecule has 2 aromatic rings. The lowest BCUT2D eigenvalue weighted by atomic mass is 10.1. The van der Waals surface area contributed by atoms with Crippen LogP contribution >= 0.6 is 22.7 Å². The monoisotopic (exact) mass is 320 g/mol. The molecular formula is C17H24N2S2. The van der Waals surface area contributed by atoms with E-state index < -0.39 is 0 Å². The Morgan fingerprint density at radius 2 is 2.05 bits per heavy atom. The summed E-state index contributed by atoms with van der Waals surface area (Å²) in [5.74, 6) is 0.739. The predicted molar refractivity (Wildman–Crippen MR) is 92.4 cm³/mol. The van der Waals surface area contributed by atoms with Crippen molar-refractivity contribution in [3.8, 4) is 0 Å². The maximum atomic E-state index is 4.65. The van der Waals surface area contributed by atoms with Gasteiger partial charge in [-0.25, -0.2) is 4.98 Å². The smallest absolute Gasteiger partial charge is 0.0959 e. The average Bonchev–Trinajstić information content (AvgIpc) is 3.15. The van der Waals surface area contributed by atoms with Crippen molar-refractivity contribution < 1.29 is 0 Å². The van der Waals surface area contributed by atoms with Gasteiger partial charge < -0.3 is 5.32 Å². The highest BCUT2D eigenvalue weighted by Crippen LogP contribution is 2.36. The van der Waals surface area contributed by atoms with E-state index in [1.165, 1.54) is 50.9 Å². The van der Waals surface area contributed by atoms with E-state index in [1.807, 2.05) is 22.7 Å². The van der Waals surface area contributed by atoms with E-state index in [0.717, 1.165) is 12.5 Å². The highest BCUT2D eigenvalue weighted by Gasteiger charge is 2.20. The van der Waals surface area contributed by atoms with Crippen molar-refractivity contribution in [2.75, 3.05) is 0 Å².